The van der Waals surface area contributed by atoms with Crippen LogP contribution in [0.1, 0.15) is 13.8 Å². The molecule has 1 atom stereocenters. The second kappa shape index (κ2) is 6.14. The van der Waals surface area contributed by atoms with Crippen LogP contribution >= 0.6 is 23.2 Å². The van der Waals surface area contributed by atoms with Gasteiger partial charge in [0.25, 0.3) is 0 Å². The highest BCUT2D eigenvalue weighted by Gasteiger charge is 2.32. The predicted octanol–water partition coefficient (Wildman–Crippen LogP) is 3.88. The maximum atomic E-state index is 12.1. The Balaban J connectivity index is 1.68. The van der Waals surface area contributed by atoms with Crippen molar-refractivity contribution >= 4 is 52.3 Å². The van der Waals surface area contributed by atoms with Gasteiger partial charge in [0, 0.05) is 11.4 Å². The molecule has 0 radical (unpaired) electrons. The lowest BCUT2D eigenvalue weighted by Crippen LogP contribution is -2.40. The smallest absolute Gasteiger partial charge is 0.308 e. The number of fused-ring (bicyclic) bond motifs is 1. The SMILES string of the molecule is CC1=CC(C)=NC2=NN=C(NC(=O)Nc3ccc(Cl)c(Cl)c3)C12. The Bertz CT molecular complexity index is 810. The van der Waals surface area contributed by atoms with E-state index in [0.717, 1.165) is 11.3 Å². The molecule has 23 heavy (non-hydrogen) atoms. The van der Waals surface area contributed by atoms with Crippen molar-refractivity contribution in [3.8, 4) is 0 Å². The summed E-state index contributed by atoms with van der Waals surface area (Å²) in [7, 11) is 0. The number of aliphatic imine (C=N–C) groups is 1. The van der Waals surface area contributed by atoms with Crippen molar-refractivity contribution in [1.29, 1.82) is 0 Å². The topological polar surface area (TPSA) is 78.2 Å². The number of benzene rings is 1. The number of nitrogens with one attached hydrogen (secondary N) is 2. The van der Waals surface area contributed by atoms with E-state index in [1.807, 2.05) is 19.9 Å². The van der Waals surface area contributed by atoms with Gasteiger partial charge in [0.05, 0.1) is 10.0 Å². The van der Waals surface area contributed by atoms with Gasteiger partial charge in [0.2, 0.25) is 0 Å². The van der Waals surface area contributed by atoms with E-state index in [0.29, 0.717) is 27.4 Å². The maximum Gasteiger partial charge on any atom is 0.324 e. The molecule has 3 rings (SSSR count). The molecule has 2 N–H and O–H groups in total. The van der Waals surface area contributed by atoms with Crippen LogP contribution in [0.5, 0.6) is 0 Å². The van der Waals surface area contributed by atoms with Crippen LogP contribution in [0.3, 0.4) is 0 Å². The van der Waals surface area contributed by atoms with Gasteiger partial charge in [-0.1, -0.05) is 28.8 Å². The van der Waals surface area contributed by atoms with Gasteiger partial charge in [-0.25, -0.2) is 9.79 Å². The number of carbonyl (C=O) groups excluding carboxylic acids is 1. The summed E-state index contributed by atoms with van der Waals surface area (Å²) in [6.07, 6.45) is 1.95. The summed E-state index contributed by atoms with van der Waals surface area (Å²) >= 11 is 11.8. The van der Waals surface area contributed by atoms with Crippen LogP contribution in [0.15, 0.2) is 45.0 Å². The number of urea groups is 1. The van der Waals surface area contributed by atoms with Crippen LogP contribution in [-0.2, 0) is 0 Å². The number of halogens is 2. The molecule has 0 aliphatic carbocycles. The third-order valence-electron chi connectivity index (χ3n) is 3.39. The monoisotopic (exact) mass is 349 g/mol. The van der Waals surface area contributed by atoms with Crippen LogP contribution < -0.4 is 10.6 Å². The zero-order valence-corrected chi connectivity index (χ0v) is 13.9. The Labute approximate surface area is 143 Å². The van der Waals surface area contributed by atoms with Crippen LogP contribution in [0.2, 0.25) is 10.0 Å². The Morgan fingerprint density at radius 2 is 1.91 bits per heavy atom. The Hall–Kier alpha value is -2.18. The van der Waals surface area contributed by atoms with Crippen LogP contribution in [0.4, 0.5) is 10.5 Å². The molecule has 6 nitrogen and oxygen atoms in total. The van der Waals surface area contributed by atoms with Gasteiger partial charge in [0.1, 0.15) is 11.8 Å². The summed E-state index contributed by atoms with van der Waals surface area (Å²) in [5.41, 5.74) is 2.43. The zero-order valence-electron chi connectivity index (χ0n) is 12.4. The molecule has 2 amide bonds. The fourth-order valence-electron chi connectivity index (χ4n) is 2.42. The highest BCUT2D eigenvalue weighted by atomic mass is 35.5. The molecule has 0 saturated heterocycles. The van der Waals surface area contributed by atoms with Crippen molar-refractivity contribution in [3.05, 3.63) is 39.9 Å². The van der Waals surface area contributed by atoms with Gasteiger partial charge in [-0.05, 0) is 38.1 Å². The van der Waals surface area contributed by atoms with Gasteiger partial charge >= 0.3 is 6.03 Å². The number of carbonyl (C=O) groups is 1. The molecule has 0 aromatic heterocycles. The summed E-state index contributed by atoms with van der Waals surface area (Å²) in [4.78, 5) is 16.5. The van der Waals surface area contributed by atoms with Gasteiger partial charge in [-0.15, -0.1) is 10.2 Å². The Kier molecular flexibility index (Phi) is 4.19. The Morgan fingerprint density at radius 1 is 1.13 bits per heavy atom. The normalized spacial score (nSPS) is 19.2. The molecule has 1 aromatic carbocycles. The third kappa shape index (κ3) is 3.28. The maximum absolute atomic E-state index is 12.1. The highest BCUT2D eigenvalue weighted by molar-refractivity contribution is 6.42. The molecule has 0 fully saturated rings. The minimum absolute atomic E-state index is 0.210. The van der Waals surface area contributed by atoms with Crippen molar-refractivity contribution < 1.29 is 4.79 Å². The van der Waals surface area contributed by atoms with E-state index in [4.69, 9.17) is 23.2 Å². The van der Waals surface area contributed by atoms with Crippen molar-refractivity contribution in [2.45, 2.75) is 13.8 Å². The molecule has 1 unspecified atom stereocenters. The summed E-state index contributed by atoms with van der Waals surface area (Å²) < 4.78 is 0. The number of allylic oxidation sites excluding steroid dienone is 1. The van der Waals surface area contributed by atoms with E-state index in [1.54, 1.807) is 18.2 Å². The first-order chi connectivity index (χ1) is 10.9. The zero-order chi connectivity index (χ0) is 16.6. The molecule has 2 aliphatic heterocycles. The quantitative estimate of drug-likeness (QED) is 0.792. The minimum atomic E-state index is -0.433. The first kappa shape index (κ1) is 15.7. The molecular formula is C15H13Cl2N5O. The number of amides is 2. The lowest BCUT2D eigenvalue weighted by atomic mass is 9.95. The molecule has 0 saturated carbocycles. The first-order valence-corrected chi connectivity index (χ1v) is 7.61. The highest BCUT2D eigenvalue weighted by Crippen LogP contribution is 2.26. The standard InChI is InChI=1S/C15H13Cl2N5O/c1-7-5-8(2)18-13-12(7)14(22-21-13)20-15(23)19-9-3-4-10(16)11(17)6-9/h3-6,12H,1-2H3,(H2,19,20,22,23). The average Bonchev–Trinajstić information content (AvgIpc) is 2.85. The predicted molar refractivity (Wildman–Crippen MR) is 93.8 cm³/mol. The fourth-order valence-corrected chi connectivity index (χ4v) is 2.72. The molecule has 2 heterocycles. The van der Waals surface area contributed by atoms with Gasteiger partial charge in [0.15, 0.2) is 5.84 Å². The summed E-state index contributed by atoms with van der Waals surface area (Å²) in [6.45, 7) is 3.85. The van der Waals surface area contributed by atoms with Crippen LogP contribution in [0.25, 0.3) is 0 Å². The van der Waals surface area contributed by atoms with E-state index < -0.39 is 6.03 Å². The molecule has 118 valence electrons. The number of dihydropyridines is 1. The Morgan fingerprint density at radius 3 is 2.65 bits per heavy atom. The van der Waals surface area contributed by atoms with Crippen molar-refractivity contribution in [1.82, 2.24) is 5.32 Å². The van der Waals surface area contributed by atoms with Gasteiger partial charge in [-0.3, -0.25) is 5.32 Å². The fraction of sp³-hybridized carbons (Fsp3) is 0.200. The number of rotatable bonds is 1. The number of nitrogens with zero attached hydrogens (tertiary/aromatic N) is 3. The van der Waals surface area contributed by atoms with Crippen LogP contribution in [-0.4, -0.2) is 23.4 Å². The number of hydrogen-bond donors (Lipinski definition) is 2. The van der Waals surface area contributed by atoms with Crippen LogP contribution in [0, 0.1) is 5.92 Å². The largest absolute Gasteiger partial charge is 0.324 e. The van der Waals surface area contributed by atoms with Gasteiger partial charge < -0.3 is 5.32 Å². The van der Waals surface area contributed by atoms with E-state index >= 15 is 0 Å². The number of amidine groups is 2. The lowest BCUT2D eigenvalue weighted by Gasteiger charge is -2.18. The van der Waals surface area contributed by atoms with E-state index in [1.165, 1.54) is 0 Å². The summed E-state index contributed by atoms with van der Waals surface area (Å²) in [6, 6.07) is 4.41. The molecular weight excluding hydrogens is 337 g/mol. The second-order valence-electron chi connectivity index (χ2n) is 5.23. The molecule has 0 spiro atoms. The molecule has 8 heteroatoms. The van der Waals surface area contributed by atoms with Gasteiger partial charge in [-0.2, -0.15) is 0 Å². The molecule has 0 bridgehead atoms. The summed E-state index contributed by atoms with van der Waals surface area (Å²) in [5.74, 6) is 0.827. The first-order valence-electron chi connectivity index (χ1n) is 6.86. The van der Waals surface area contributed by atoms with E-state index in [9.17, 15) is 4.79 Å². The van der Waals surface area contributed by atoms with Crippen molar-refractivity contribution in [3.63, 3.8) is 0 Å². The van der Waals surface area contributed by atoms with Crippen molar-refractivity contribution in [2.75, 3.05) is 5.32 Å². The van der Waals surface area contributed by atoms with E-state index in [2.05, 4.69) is 25.8 Å². The van der Waals surface area contributed by atoms with E-state index in [-0.39, 0.29) is 5.92 Å². The number of hydrogen-bond acceptors (Lipinski definition) is 4. The minimum Gasteiger partial charge on any atom is -0.308 e. The second-order valence-corrected chi connectivity index (χ2v) is 6.04. The van der Waals surface area contributed by atoms with Crippen molar-refractivity contribution in [2.24, 2.45) is 21.1 Å². The third-order valence-corrected chi connectivity index (χ3v) is 4.13. The average molecular weight is 350 g/mol. The molecule has 1 aromatic rings. The summed E-state index contributed by atoms with van der Waals surface area (Å²) in [5, 5.41) is 14.2. The lowest BCUT2D eigenvalue weighted by molar-refractivity contribution is 0.256. The molecule has 2 aliphatic rings. The number of anilines is 1.